The van der Waals surface area contributed by atoms with Crippen molar-refractivity contribution in [2.45, 2.75) is 63.1 Å². The topological polar surface area (TPSA) is 0 Å². The number of halogens is 1. The van der Waals surface area contributed by atoms with Gasteiger partial charge >= 0.3 is 0 Å². The van der Waals surface area contributed by atoms with Gasteiger partial charge in [-0.15, -0.1) is 0 Å². The smallest absolute Gasteiger partial charge is 0.0188 e. The van der Waals surface area contributed by atoms with Gasteiger partial charge in [0.15, 0.2) is 0 Å². The molecule has 1 aromatic rings. The summed E-state index contributed by atoms with van der Waals surface area (Å²) in [6, 6.07) is 8.93. The summed E-state index contributed by atoms with van der Waals surface area (Å²) in [5.74, 6) is 0.960. The van der Waals surface area contributed by atoms with Crippen molar-refractivity contribution in [3.8, 4) is 0 Å². The van der Waals surface area contributed by atoms with Crippen LogP contribution in [0.4, 0.5) is 0 Å². The van der Waals surface area contributed by atoms with E-state index in [4.69, 9.17) is 0 Å². The Kier molecular flexibility index (Phi) is 5.75. The van der Waals surface area contributed by atoms with Crippen LogP contribution in [-0.4, -0.2) is 4.83 Å². The lowest BCUT2D eigenvalue weighted by Crippen LogP contribution is -2.10. The fraction of sp³-hybridized carbons (Fsp3) is 0.647. The molecule has 0 bridgehead atoms. The zero-order chi connectivity index (χ0) is 12.8. The van der Waals surface area contributed by atoms with Crippen molar-refractivity contribution < 1.29 is 0 Å². The predicted octanol–water partition coefficient (Wildman–Crippen LogP) is 5.66. The summed E-state index contributed by atoms with van der Waals surface area (Å²) in [5, 5.41) is 0. The number of hydrogen-bond acceptors (Lipinski definition) is 0. The van der Waals surface area contributed by atoms with Gasteiger partial charge < -0.3 is 0 Å². The third kappa shape index (κ3) is 4.76. The zero-order valence-corrected chi connectivity index (χ0v) is 13.1. The van der Waals surface area contributed by atoms with E-state index in [1.165, 1.54) is 62.5 Å². The van der Waals surface area contributed by atoms with Gasteiger partial charge in [0, 0.05) is 4.83 Å². The summed E-state index contributed by atoms with van der Waals surface area (Å²) in [4.78, 5) is 0.655. The van der Waals surface area contributed by atoms with Crippen LogP contribution < -0.4 is 0 Å². The summed E-state index contributed by atoms with van der Waals surface area (Å²) in [7, 11) is 0. The third-order valence-electron chi connectivity index (χ3n) is 4.10. The summed E-state index contributed by atoms with van der Waals surface area (Å²) in [5.41, 5.74) is 2.85. The van der Waals surface area contributed by atoms with E-state index in [-0.39, 0.29) is 0 Å². The first kappa shape index (κ1) is 14.1. The van der Waals surface area contributed by atoms with Crippen LogP contribution in [0.5, 0.6) is 0 Å². The minimum absolute atomic E-state index is 0.655. The molecule has 0 amide bonds. The molecule has 1 atom stereocenters. The fourth-order valence-corrected chi connectivity index (χ4v) is 4.04. The first-order valence-corrected chi connectivity index (χ1v) is 8.35. The number of alkyl halides is 1. The van der Waals surface area contributed by atoms with Gasteiger partial charge in [0.05, 0.1) is 0 Å². The summed E-state index contributed by atoms with van der Waals surface area (Å²) in [6.07, 6.45) is 11.3. The molecule has 1 heteroatoms. The minimum atomic E-state index is 0.655. The Morgan fingerprint density at radius 2 is 1.89 bits per heavy atom. The molecule has 0 nitrogen and oxygen atoms in total. The van der Waals surface area contributed by atoms with Crippen molar-refractivity contribution in [2.24, 2.45) is 5.92 Å². The van der Waals surface area contributed by atoms with Gasteiger partial charge in [0.2, 0.25) is 0 Å². The maximum atomic E-state index is 3.90. The molecular formula is C17H25Br. The van der Waals surface area contributed by atoms with Gasteiger partial charge in [-0.2, -0.15) is 0 Å². The number of benzene rings is 1. The lowest BCUT2D eigenvalue weighted by molar-refractivity contribution is 0.423. The lowest BCUT2D eigenvalue weighted by atomic mass is 9.93. The molecule has 1 unspecified atom stereocenters. The van der Waals surface area contributed by atoms with E-state index in [9.17, 15) is 0 Å². The number of hydrogen-bond donors (Lipinski definition) is 0. The van der Waals surface area contributed by atoms with E-state index in [1.54, 1.807) is 0 Å². The zero-order valence-electron chi connectivity index (χ0n) is 11.5. The van der Waals surface area contributed by atoms with Gasteiger partial charge in [-0.25, -0.2) is 0 Å². The van der Waals surface area contributed by atoms with Crippen LogP contribution in [0.15, 0.2) is 24.3 Å². The maximum Gasteiger partial charge on any atom is 0.0188 e. The molecule has 0 heterocycles. The molecule has 0 radical (unpaired) electrons. The van der Waals surface area contributed by atoms with Crippen molar-refractivity contribution in [3.63, 3.8) is 0 Å². The largest absolute Gasteiger partial charge is 0.0887 e. The molecular weight excluding hydrogens is 284 g/mol. The molecule has 0 spiro atoms. The average Bonchev–Trinajstić information content (AvgIpc) is 2.57. The van der Waals surface area contributed by atoms with Gasteiger partial charge in [0.25, 0.3) is 0 Å². The summed E-state index contributed by atoms with van der Waals surface area (Å²) < 4.78 is 0. The molecule has 0 aromatic heterocycles. The van der Waals surface area contributed by atoms with Crippen LogP contribution in [-0.2, 0) is 6.42 Å². The SMILES string of the molecule is Cc1cccc(CC(Br)CC2CCCCCC2)c1. The highest BCUT2D eigenvalue weighted by molar-refractivity contribution is 9.09. The van der Waals surface area contributed by atoms with Gasteiger partial charge in [-0.3, -0.25) is 0 Å². The van der Waals surface area contributed by atoms with Crippen molar-refractivity contribution in [3.05, 3.63) is 35.4 Å². The van der Waals surface area contributed by atoms with E-state index in [2.05, 4.69) is 47.1 Å². The molecule has 100 valence electrons. The molecule has 1 aliphatic rings. The lowest BCUT2D eigenvalue weighted by Gasteiger charge is -2.18. The van der Waals surface area contributed by atoms with Crippen LogP contribution >= 0.6 is 15.9 Å². The molecule has 18 heavy (non-hydrogen) atoms. The number of rotatable bonds is 4. The Bertz CT molecular complexity index is 350. The highest BCUT2D eigenvalue weighted by atomic mass is 79.9. The molecule has 1 aliphatic carbocycles. The second-order valence-corrected chi connectivity index (χ2v) is 7.18. The fourth-order valence-electron chi connectivity index (χ4n) is 3.14. The maximum absolute atomic E-state index is 3.90. The second-order valence-electron chi connectivity index (χ2n) is 5.88. The Morgan fingerprint density at radius 3 is 2.56 bits per heavy atom. The van der Waals surface area contributed by atoms with Gasteiger partial charge in [-0.05, 0) is 31.2 Å². The summed E-state index contributed by atoms with van der Waals surface area (Å²) in [6.45, 7) is 2.18. The quantitative estimate of drug-likeness (QED) is 0.497. The highest BCUT2D eigenvalue weighted by Gasteiger charge is 2.16. The van der Waals surface area contributed by atoms with Crippen LogP contribution in [0.2, 0.25) is 0 Å². The van der Waals surface area contributed by atoms with Crippen LogP contribution in [0.3, 0.4) is 0 Å². The Labute approximate surface area is 120 Å². The van der Waals surface area contributed by atoms with Crippen LogP contribution in [0.25, 0.3) is 0 Å². The second kappa shape index (κ2) is 7.33. The van der Waals surface area contributed by atoms with E-state index < -0.39 is 0 Å². The van der Waals surface area contributed by atoms with E-state index in [0.717, 1.165) is 5.92 Å². The van der Waals surface area contributed by atoms with Crippen LogP contribution in [0, 0.1) is 12.8 Å². The molecule has 0 aliphatic heterocycles. The average molecular weight is 309 g/mol. The molecule has 0 saturated heterocycles. The molecule has 1 fully saturated rings. The Morgan fingerprint density at radius 1 is 1.17 bits per heavy atom. The van der Waals surface area contributed by atoms with E-state index in [0.29, 0.717) is 4.83 Å². The van der Waals surface area contributed by atoms with Crippen LogP contribution in [0.1, 0.15) is 56.1 Å². The molecule has 1 saturated carbocycles. The first-order chi connectivity index (χ1) is 8.74. The van der Waals surface area contributed by atoms with Gasteiger partial charge in [0.1, 0.15) is 0 Å². The molecule has 0 N–H and O–H groups in total. The Hall–Kier alpha value is -0.300. The Balaban J connectivity index is 1.82. The van der Waals surface area contributed by atoms with Gasteiger partial charge in [-0.1, -0.05) is 84.3 Å². The minimum Gasteiger partial charge on any atom is -0.0887 e. The third-order valence-corrected chi connectivity index (χ3v) is 4.80. The standard InChI is InChI=1S/C17H25Br/c1-14-7-6-10-16(11-14)13-17(18)12-15-8-4-2-3-5-9-15/h6-7,10-11,15,17H,2-5,8-9,12-13H2,1H3. The first-order valence-electron chi connectivity index (χ1n) is 7.43. The van der Waals surface area contributed by atoms with Crippen molar-refractivity contribution in [2.75, 3.05) is 0 Å². The monoisotopic (exact) mass is 308 g/mol. The predicted molar refractivity (Wildman–Crippen MR) is 83.4 cm³/mol. The number of aryl methyl sites for hydroxylation is 1. The summed E-state index contributed by atoms with van der Waals surface area (Å²) >= 11 is 3.90. The van der Waals surface area contributed by atoms with Crippen molar-refractivity contribution in [1.29, 1.82) is 0 Å². The molecule has 1 aromatic carbocycles. The van der Waals surface area contributed by atoms with Crippen molar-refractivity contribution in [1.82, 2.24) is 0 Å². The van der Waals surface area contributed by atoms with Crippen molar-refractivity contribution >= 4 is 15.9 Å². The highest BCUT2D eigenvalue weighted by Crippen LogP contribution is 2.29. The van der Waals surface area contributed by atoms with E-state index in [1.807, 2.05) is 0 Å². The molecule has 2 rings (SSSR count). The van der Waals surface area contributed by atoms with E-state index >= 15 is 0 Å². The normalized spacial score (nSPS) is 19.4.